The number of methoxy groups -OCH3 is 1. The molecule has 0 heterocycles. The first kappa shape index (κ1) is 18.9. The number of hydrogen-bond donors (Lipinski definition) is 2. The molecule has 2 N–H and O–H groups in total. The van der Waals surface area contributed by atoms with Gasteiger partial charge in [0.1, 0.15) is 12.3 Å². The van der Waals surface area contributed by atoms with E-state index in [0.29, 0.717) is 6.54 Å². The van der Waals surface area contributed by atoms with Gasteiger partial charge in [-0.25, -0.2) is 0 Å². The number of hydrogen-bond acceptors (Lipinski definition) is 2. The number of fused-ring (bicyclic) bond motifs is 1. The second-order valence-corrected chi connectivity index (χ2v) is 7.05. The maximum Gasteiger partial charge on any atom is 0.275 e. The van der Waals surface area contributed by atoms with Crippen molar-refractivity contribution in [3.8, 4) is 5.75 Å². The molecular formula is C23H27N2O2+. The predicted molar refractivity (Wildman–Crippen MR) is 109 cm³/mol. The number of benzene rings is 3. The van der Waals surface area contributed by atoms with Crippen LogP contribution in [0.4, 0.5) is 0 Å². The van der Waals surface area contributed by atoms with Crippen LogP contribution >= 0.6 is 0 Å². The molecule has 4 heteroatoms. The van der Waals surface area contributed by atoms with E-state index in [1.165, 1.54) is 16.3 Å². The number of nitrogens with one attached hydrogen (secondary N) is 2. The molecule has 0 radical (unpaired) electrons. The Kier molecular flexibility index (Phi) is 6.09. The zero-order chi connectivity index (χ0) is 19.2. The van der Waals surface area contributed by atoms with Crippen LogP contribution in [0.3, 0.4) is 0 Å². The van der Waals surface area contributed by atoms with E-state index in [4.69, 9.17) is 4.74 Å². The topological polar surface area (TPSA) is 42.8 Å². The first-order valence-electron chi connectivity index (χ1n) is 9.27. The van der Waals surface area contributed by atoms with Crippen molar-refractivity contribution in [2.45, 2.75) is 19.5 Å². The van der Waals surface area contributed by atoms with E-state index in [1.54, 1.807) is 7.11 Å². The van der Waals surface area contributed by atoms with E-state index < -0.39 is 0 Å². The van der Waals surface area contributed by atoms with Gasteiger partial charge in [-0.3, -0.25) is 4.79 Å². The summed E-state index contributed by atoms with van der Waals surface area (Å²) in [6.07, 6.45) is 0. The van der Waals surface area contributed by atoms with Crippen molar-refractivity contribution < 1.29 is 14.4 Å². The third-order valence-corrected chi connectivity index (χ3v) is 4.78. The summed E-state index contributed by atoms with van der Waals surface area (Å²) in [6.45, 7) is 3.26. The zero-order valence-corrected chi connectivity index (χ0v) is 16.2. The van der Waals surface area contributed by atoms with E-state index >= 15 is 0 Å². The van der Waals surface area contributed by atoms with E-state index in [2.05, 4.69) is 35.6 Å². The van der Waals surface area contributed by atoms with Crippen molar-refractivity contribution in [3.05, 3.63) is 77.9 Å². The fourth-order valence-electron chi connectivity index (χ4n) is 3.28. The van der Waals surface area contributed by atoms with Gasteiger partial charge in [0.2, 0.25) is 0 Å². The third-order valence-electron chi connectivity index (χ3n) is 4.78. The second kappa shape index (κ2) is 8.69. The lowest BCUT2D eigenvalue weighted by Gasteiger charge is -2.18. The Morgan fingerprint density at radius 2 is 1.74 bits per heavy atom. The highest BCUT2D eigenvalue weighted by Crippen LogP contribution is 2.20. The maximum absolute atomic E-state index is 12.4. The summed E-state index contributed by atoms with van der Waals surface area (Å²) in [5, 5.41) is 5.52. The van der Waals surface area contributed by atoms with Crippen LogP contribution in [-0.2, 0) is 11.3 Å². The Bertz CT molecular complexity index is 906. The van der Waals surface area contributed by atoms with Gasteiger partial charge in [-0.2, -0.15) is 0 Å². The van der Waals surface area contributed by atoms with Gasteiger partial charge in [-0.05, 0) is 53.6 Å². The summed E-state index contributed by atoms with van der Waals surface area (Å²) < 4.78 is 5.18. The molecule has 3 aromatic carbocycles. The normalized spacial score (nSPS) is 13.1. The molecule has 1 unspecified atom stereocenters. The molecule has 0 aliphatic rings. The molecule has 0 aromatic heterocycles. The molecule has 3 aromatic rings. The molecule has 0 spiro atoms. The minimum atomic E-state index is -0.0177. The summed E-state index contributed by atoms with van der Waals surface area (Å²) >= 11 is 0. The molecule has 2 atom stereocenters. The number of ether oxygens (including phenoxy) is 1. The van der Waals surface area contributed by atoms with Crippen LogP contribution in [-0.4, -0.2) is 26.6 Å². The summed E-state index contributed by atoms with van der Waals surface area (Å²) in [5.41, 5.74) is 2.30. The number of amides is 1. The van der Waals surface area contributed by atoms with Crippen molar-refractivity contribution in [3.63, 3.8) is 0 Å². The molecule has 0 fully saturated rings. The van der Waals surface area contributed by atoms with Crippen molar-refractivity contribution in [2.24, 2.45) is 0 Å². The molecular weight excluding hydrogens is 336 g/mol. The highest BCUT2D eigenvalue weighted by atomic mass is 16.5. The van der Waals surface area contributed by atoms with Crippen molar-refractivity contribution in [2.75, 3.05) is 20.7 Å². The van der Waals surface area contributed by atoms with Gasteiger partial charge < -0.3 is 15.0 Å². The summed E-state index contributed by atoms with van der Waals surface area (Å²) in [5.74, 6) is 0.903. The number of rotatable bonds is 7. The van der Waals surface area contributed by atoms with Gasteiger partial charge in [0.05, 0.1) is 20.2 Å². The standard InChI is InChI=1S/C23H26N2O2/c1-17(20-11-10-19-6-4-5-7-21(19)14-20)24-23(26)16-25(2)15-18-8-12-22(27-3)13-9-18/h4-14,17H,15-16H2,1-3H3,(H,24,26)/p+1/t17-/m0/s1. The molecule has 3 rings (SSSR count). The van der Waals surface area contributed by atoms with Gasteiger partial charge in [-0.1, -0.05) is 36.4 Å². The van der Waals surface area contributed by atoms with E-state index in [9.17, 15) is 4.79 Å². The molecule has 0 bridgehead atoms. The first-order chi connectivity index (χ1) is 13.0. The number of carbonyl (C=O) groups is 1. The minimum absolute atomic E-state index is 0.0177. The average molecular weight is 363 g/mol. The molecule has 0 aliphatic heterocycles. The van der Waals surface area contributed by atoms with Crippen molar-refractivity contribution >= 4 is 16.7 Å². The SMILES string of the molecule is COc1ccc(C[NH+](C)CC(=O)N[C@@H](C)c2ccc3ccccc3c2)cc1. The Morgan fingerprint density at radius 3 is 2.44 bits per heavy atom. The fourth-order valence-corrected chi connectivity index (χ4v) is 3.28. The van der Waals surface area contributed by atoms with Gasteiger partial charge in [0, 0.05) is 5.56 Å². The Balaban J connectivity index is 1.55. The molecule has 0 saturated heterocycles. The largest absolute Gasteiger partial charge is 0.497 e. The molecule has 27 heavy (non-hydrogen) atoms. The van der Waals surface area contributed by atoms with Gasteiger partial charge in [0.15, 0.2) is 6.54 Å². The molecule has 4 nitrogen and oxygen atoms in total. The second-order valence-electron chi connectivity index (χ2n) is 7.05. The van der Waals surface area contributed by atoms with Crippen LogP contribution < -0.4 is 15.0 Å². The summed E-state index contributed by atoms with van der Waals surface area (Å²) in [7, 11) is 3.69. The summed E-state index contributed by atoms with van der Waals surface area (Å²) in [4.78, 5) is 13.6. The molecule has 0 aliphatic carbocycles. The van der Waals surface area contributed by atoms with Crippen LogP contribution in [0.25, 0.3) is 10.8 Å². The minimum Gasteiger partial charge on any atom is -0.497 e. The smallest absolute Gasteiger partial charge is 0.275 e. The molecule has 140 valence electrons. The third kappa shape index (κ3) is 5.08. The van der Waals surface area contributed by atoms with E-state index in [0.717, 1.165) is 22.8 Å². The van der Waals surface area contributed by atoms with Crippen LogP contribution in [0.15, 0.2) is 66.7 Å². The monoisotopic (exact) mass is 363 g/mol. The van der Waals surface area contributed by atoms with Gasteiger partial charge in [0.25, 0.3) is 5.91 Å². The zero-order valence-electron chi connectivity index (χ0n) is 16.2. The average Bonchev–Trinajstić information content (AvgIpc) is 2.68. The Labute approximate surface area is 160 Å². The maximum atomic E-state index is 12.4. The van der Waals surface area contributed by atoms with Gasteiger partial charge >= 0.3 is 0 Å². The molecule has 0 saturated carbocycles. The lowest BCUT2D eigenvalue weighted by atomic mass is 10.0. The summed E-state index contributed by atoms with van der Waals surface area (Å²) in [6, 6.07) is 22.6. The Morgan fingerprint density at radius 1 is 1.04 bits per heavy atom. The van der Waals surface area contributed by atoms with Gasteiger partial charge in [-0.15, -0.1) is 0 Å². The highest BCUT2D eigenvalue weighted by molar-refractivity contribution is 5.83. The van der Waals surface area contributed by atoms with Crippen molar-refractivity contribution in [1.82, 2.24) is 5.32 Å². The van der Waals surface area contributed by atoms with Crippen LogP contribution in [0.5, 0.6) is 5.75 Å². The lowest BCUT2D eigenvalue weighted by molar-refractivity contribution is -0.885. The van der Waals surface area contributed by atoms with Crippen LogP contribution in [0.1, 0.15) is 24.1 Å². The van der Waals surface area contributed by atoms with Crippen LogP contribution in [0, 0.1) is 0 Å². The Hall–Kier alpha value is -2.85. The molecule has 1 amide bonds. The fraction of sp³-hybridized carbons (Fsp3) is 0.261. The number of quaternary nitrogens is 1. The van der Waals surface area contributed by atoms with Crippen molar-refractivity contribution in [1.29, 1.82) is 0 Å². The first-order valence-corrected chi connectivity index (χ1v) is 9.27. The quantitative estimate of drug-likeness (QED) is 0.678. The predicted octanol–water partition coefficient (Wildman–Crippen LogP) is 2.74. The van der Waals surface area contributed by atoms with Crippen LogP contribution in [0.2, 0.25) is 0 Å². The van der Waals surface area contributed by atoms with E-state index in [-0.39, 0.29) is 11.9 Å². The highest BCUT2D eigenvalue weighted by Gasteiger charge is 2.14. The number of likely N-dealkylation sites (N-methyl/N-ethyl adjacent to an activating group) is 1. The lowest BCUT2D eigenvalue weighted by Crippen LogP contribution is -3.08. The van der Waals surface area contributed by atoms with E-state index in [1.807, 2.05) is 50.4 Å². The number of carbonyl (C=O) groups excluding carboxylic acids is 1.